The first-order valence-corrected chi connectivity index (χ1v) is 5.44. The average Bonchev–Trinajstić information content (AvgIpc) is 2.71. The van der Waals surface area contributed by atoms with Crippen molar-refractivity contribution in [2.24, 2.45) is 5.92 Å². The van der Waals surface area contributed by atoms with E-state index in [4.69, 9.17) is 0 Å². The van der Waals surface area contributed by atoms with Crippen molar-refractivity contribution in [1.29, 1.82) is 0 Å². The summed E-state index contributed by atoms with van der Waals surface area (Å²) in [6.45, 7) is 1.95. The van der Waals surface area contributed by atoms with Crippen LogP contribution in [0.3, 0.4) is 0 Å². The van der Waals surface area contributed by atoms with Gasteiger partial charge in [-0.1, -0.05) is 0 Å². The first-order valence-electron chi connectivity index (χ1n) is 5.44. The van der Waals surface area contributed by atoms with Crippen LogP contribution in [-0.4, -0.2) is 24.4 Å². The van der Waals surface area contributed by atoms with Crippen LogP contribution >= 0.6 is 0 Å². The SMILES string of the molecule is FC(F)(F)Oc1ccc(CC2CCNC2)nc1. The first kappa shape index (κ1) is 12.2. The number of nitrogens with zero attached hydrogens (tertiary/aromatic N) is 1. The van der Waals surface area contributed by atoms with Crippen molar-refractivity contribution in [1.82, 2.24) is 10.3 Å². The smallest absolute Gasteiger partial charge is 0.404 e. The molecule has 0 aliphatic carbocycles. The van der Waals surface area contributed by atoms with E-state index in [1.165, 1.54) is 6.07 Å². The molecule has 1 N–H and O–H groups in total. The molecule has 3 nitrogen and oxygen atoms in total. The highest BCUT2D eigenvalue weighted by molar-refractivity contribution is 5.20. The molecule has 0 bridgehead atoms. The van der Waals surface area contributed by atoms with Crippen LogP contribution in [-0.2, 0) is 6.42 Å². The Kier molecular flexibility index (Phi) is 3.51. The van der Waals surface area contributed by atoms with Gasteiger partial charge < -0.3 is 10.1 Å². The molecule has 1 fully saturated rings. The molecule has 1 aliphatic heterocycles. The Bertz CT molecular complexity index is 358. The van der Waals surface area contributed by atoms with Crippen LogP contribution in [0.1, 0.15) is 12.1 Å². The molecule has 2 heterocycles. The van der Waals surface area contributed by atoms with Gasteiger partial charge in [-0.15, -0.1) is 13.2 Å². The second kappa shape index (κ2) is 4.91. The Morgan fingerprint density at radius 3 is 2.76 bits per heavy atom. The topological polar surface area (TPSA) is 34.1 Å². The van der Waals surface area contributed by atoms with Crippen molar-refractivity contribution in [2.75, 3.05) is 13.1 Å². The lowest BCUT2D eigenvalue weighted by Crippen LogP contribution is -2.17. The van der Waals surface area contributed by atoms with Crippen LogP contribution in [0.25, 0.3) is 0 Å². The van der Waals surface area contributed by atoms with Crippen LogP contribution < -0.4 is 10.1 Å². The highest BCUT2D eigenvalue weighted by Gasteiger charge is 2.31. The highest BCUT2D eigenvalue weighted by Crippen LogP contribution is 2.22. The molecule has 0 aromatic carbocycles. The van der Waals surface area contributed by atoms with Gasteiger partial charge in [0.1, 0.15) is 5.75 Å². The number of nitrogens with one attached hydrogen (secondary N) is 1. The zero-order chi connectivity index (χ0) is 12.3. The van der Waals surface area contributed by atoms with Crippen LogP contribution in [0.2, 0.25) is 0 Å². The lowest BCUT2D eigenvalue weighted by molar-refractivity contribution is -0.274. The fraction of sp³-hybridized carbons (Fsp3) is 0.545. The highest BCUT2D eigenvalue weighted by atomic mass is 19.4. The van der Waals surface area contributed by atoms with Crippen molar-refractivity contribution in [3.05, 3.63) is 24.0 Å². The van der Waals surface area contributed by atoms with Gasteiger partial charge >= 0.3 is 6.36 Å². The van der Waals surface area contributed by atoms with E-state index in [-0.39, 0.29) is 5.75 Å². The van der Waals surface area contributed by atoms with E-state index >= 15 is 0 Å². The number of ether oxygens (including phenoxy) is 1. The maximum absolute atomic E-state index is 11.9. The molecule has 1 saturated heterocycles. The monoisotopic (exact) mass is 246 g/mol. The van der Waals surface area contributed by atoms with Gasteiger partial charge in [0.2, 0.25) is 0 Å². The summed E-state index contributed by atoms with van der Waals surface area (Å²) < 4.78 is 39.5. The molecule has 0 saturated carbocycles. The van der Waals surface area contributed by atoms with E-state index in [2.05, 4.69) is 15.0 Å². The number of rotatable bonds is 3. The largest absolute Gasteiger partial charge is 0.573 e. The number of halogens is 3. The summed E-state index contributed by atoms with van der Waals surface area (Å²) in [5.74, 6) is 0.252. The molecular weight excluding hydrogens is 233 g/mol. The molecule has 94 valence electrons. The van der Waals surface area contributed by atoms with E-state index in [0.717, 1.165) is 37.8 Å². The van der Waals surface area contributed by atoms with Gasteiger partial charge in [0, 0.05) is 5.69 Å². The minimum atomic E-state index is -4.65. The Labute approximate surface area is 97.0 Å². The maximum atomic E-state index is 11.9. The Balaban J connectivity index is 1.93. The van der Waals surface area contributed by atoms with Gasteiger partial charge in [-0.25, -0.2) is 0 Å². The minimum Gasteiger partial charge on any atom is -0.404 e. The summed E-state index contributed by atoms with van der Waals surface area (Å²) in [5.41, 5.74) is 0.799. The zero-order valence-electron chi connectivity index (χ0n) is 9.13. The van der Waals surface area contributed by atoms with Crippen molar-refractivity contribution in [3.63, 3.8) is 0 Å². The van der Waals surface area contributed by atoms with Crippen molar-refractivity contribution >= 4 is 0 Å². The van der Waals surface area contributed by atoms with Crippen LogP contribution in [0, 0.1) is 5.92 Å². The van der Waals surface area contributed by atoms with Crippen LogP contribution in [0.4, 0.5) is 13.2 Å². The summed E-state index contributed by atoms with van der Waals surface area (Å²) in [4.78, 5) is 3.97. The minimum absolute atomic E-state index is 0.272. The maximum Gasteiger partial charge on any atom is 0.573 e. The predicted octanol–water partition coefficient (Wildman–Crippen LogP) is 2.13. The van der Waals surface area contributed by atoms with Gasteiger partial charge in [-0.05, 0) is 44.0 Å². The van der Waals surface area contributed by atoms with E-state index < -0.39 is 6.36 Å². The third kappa shape index (κ3) is 3.89. The van der Waals surface area contributed by atoms with Crippen molar-refractivity contribution in [3.8, 4) is 5.75 Å². The third-order valence-corrected chi connectivity index (χ3v) is 2.69. The summed E-state index contributed by atoms with van der Waals surface area (Å²) >= 11 is 0. The molecular formula is C11H13F3N2O. The zero-order valence-corrected chi connectivity index (χ0v) is 9.13. The molecule has 1 aliphatic rings. The van der Waals surface area contributed by atoms with Gasteiger partial charge in [0.15, 0.2) is 0 Å². The molecule has 1 aromatic rings. The molecule has 1 aromatic heterocycles. The van der Waals surface area contributed by atoms with Crippen molar-refractivity contribution in [2.45, 2.75) is 19.2 Å². The lowest BCUT2D eigenvalue weighted by atomic mass is 10.0. The molecule has 0 spiro atoms. The summed E-state index contributed by atoms with van der Waals surface area (Å²) in [6.07, 6.45) is -1.66. The van der Waals surface area contributed by atoms with Gasteiger partial charge in [0.25, 0.3) is 0 Å². The summed E-state index contributed by atoms with van der Waals surface area (Å²) in [7, 11) is 0. The summed E-state index contributed by atoms with van der Waals surface area (Å²) in [6, 6.07) is 2.89. The Morgan fingerprint density at radius 2 is 2.24 bits per heavy atom. The molecule has 0 amide bonds. The number of aromatic nitrogens is 1. The fourth-order valence-electron chi connectivity index (χ4n) is 1.91. The van der Waals surface area contributed by atoms with E-state index in [1.54, 1.807) is 6.07 Å². The average molecular weight is 246 g/mol. The molecule has 0 radical (unpaired) electrons. The second-order valence-electron chi connectivity index (χ2n) is 4.10. The number of hydrogen-bond acceptors (Lipinski definition) is 3. The van der Waals surface area contributed by atoms with Crippen molar-refractivity contribution < 1.29 is 17.9 Å². The molecule has 1 atom stereocenters. The normalized spacial score (nSPS) is 20.5. The van der Waals surface area contributed by atoms with Crippen LogP contribution in [0.15, 0.2) is 18.3 Å². The second-order valence-corrected chi connectivity index (χ2v) is 4.10. The van der Waals surface area contributed by atoms with Gasteiger partial charge in [0.05, 0.1) is 6.20 Å². The van der Waals surface area contributed by atoms with Crippen LogP contribution in [0.5, 0.6) is 5.75 Å². The van der Waals surface area contributed by atoms with E-state index in [1.807, 2.05) is 0 Å². The van der Waals surface area contributed by atoms with Gasteiger partial charge in [-0.2, -0.15) is 0 Å². The summed E-state index contributed by atoms with van der Waals surface area (Å²) in [5, 5.41) is 3.23. The van der Waals surface area contributed by atoms with Gasteiger partial charge in [-0.3, -0.25) is 4.98 Å². The number of alkyl halides is 3. The number of hydrogen-bond donors (Lipinski definition) is 1. The predicted molar refractivity (Wildman–Crippen MR) is 55.6 cm³/mol. The molecule has 2 rings (SSSR count). The number of pyridine rings is 1. The molecule has 17 heavy (non-hydrogen) atoms. The Hall–Kier alpha value is -1.30. The molecule has 6 heteroatoms. The molecule has 1 unspecified atom stereocenters. The van der Waals surface area contributed by atoms with E-state index in [9.17, 15) is 13.2 Å². The van der Waals surface area contributed by atoms with E-state index in [0.29, 0.717) is 5.92 Å². The lowest BCUT2D eigenvalue weighted by Gasteiger charge is -2.10. The quantitative estimate of drug-likeness (QED) is 0.887. The first-order chi connectivity index (χ1) is 8.03. The third-order valence-electron chi connectivity index (χ3n) is 2.69. The Morgan fingerprint density at radius 1 is 1.41 bits per heavy atom. The fourth-order valence-corrected chi connectivity index (χ4v) is 1.91. The standard InChI is InChI=1S/C11H13F3N2O/c12-11(13,14)17-10-2-1-9(16-7-10)5-8-3-4-15-6-8/h1-2,7-8,15H,3-6H2.